The first-order chi connectivity index (χ1) is 9.95. The van der Waals surface area contributed by atoms with E-state index in [1.54, 1.807) is 4.57 Å². The molecule has 116 valence electrons. The van der Waals surface area contributed by atoms with Crippen LogP contribution < -0.4 is 15.8 Å². The second-order valence-corrected chi connectivity index (χ2v) is 7.30. The smallest absolute Gasteiger partial charge is 0.268 e. The summed E-state index contributed by atoms with van der Waals surface area (Å²) in [5.41, 5.74) is 0.387. The van der Waals surface area contributed by atoms with E-state index in [4.69, 9.17) is 5.14 Å². The van der Waals surface area contributed by atoms with E-state index < -0.39 is 10.0 Å². The summed E-state index contributed by atoms with van der Waals surface area (Å²) < 4.78 is 24.9. The highest BCUT2D eigenvalue weighted by molar-refractivity contribution is 7.89. The molecular weight excluding hydrogens is 292 g/mol. The largest absolute Gasteiger partial charge is 0.348 e. The fraction of sp³-hybridized carbons (Fsp3) is 0.615. The molecule has 1 amide bonds. The zero-order valence-electron chi connectivity index (χ0n) is 11.7. The van der Waals surface area contributed by atoms with Crippen LogP contribution in [0.1, 0.15) is 42.2 Å². The first-order valence-electron chi connectivity index (χ1n) is 7.21. The molecule has 2 fully saturated rings. The Kier molecular flexibility index (Phi) is 3.76. The molecule has 1 saturated heterocycles. The van der Waals surface area contributed by atoms with Crippen LogP contribution in [0.4, 0.5) is 0 Å². The fourth-order valence-electron chi connectivity index (χ4n) is 2.67. The van der Waals surface area contributed by atoms with Crippen LogP contribution >= 0.6 is 0 Å². The van der Waals surface area contributed by atoms with Crippen LogP contribution in [-0.4, -0.2) is 38.0 Å². The van der Waals surface area contributed by atoms with Gasteiger partial charge in [0, 0.05) is 18.3 Å². The monoisotopic (exact) mass is 312 g/mol. The zero-order chi connectivity index (χ0) is 15.0. The molecule has 7 nitrogen and oxygen atoms in total. The predicted octanol–water partition coefficient (Wildman–Crippen LogP) is -0.0478. The summed E-state index contributed by atoms with van der Waals surface area (Å²) in [7, 11) is -3.81. The first kappa shape index (κ1) is 14.6. The molecule has 8 heteroatoms. The molecule has 0 aromatic carbocycles. The van der Waals surface area contributed by atoms with Gasteiger partial charge in [-0.2, -0.15) is 0 Å². The lowest BCUT2D eigenvalue weighted by molar-refractivity contribution is 0.0938. The van der Waals surface area contributed by atoms with Crippen LogP contribution in [0.25, 0.3) is 0 Å². The van der Waals surface area contributed by atoms with E-state index >= 15 is 0 Å². The number of rotatable bonds is 4. The number of carbonyl (C=O) groups is 1. The van der Waals surface area contributed by atoms with Crippen LogP contribution in [0.2, 0.25) is 0 Å². The maximum absolute atomic E-state index is 12.3. The minimum atomic E-state index is -3.81. The Hall–Kier alpha value is -1.38. The number of piperidine rings is 1. The van der Waals surface area contributed by atoms with Crippen LogP contribution in [-0.2, 0) is 10.0 Å². The molecule has 1 aromatic heterocycles. The average molecular weight is 312 g/mol. The van der Waals surface area contributed by atoms with Crippen molar-refractivity contribution >= 4 is 15.9 Å². The number of primary sulfonamides is 1. The Morgan fingerprint density at radius 1 is 1.29 bits per heavy atom. The van der Waals surface area contributed by atoms with E-state index in [9.17, 15) is 13.2 Å². The van der Waals surface area contributed by atoms with Crippen molar-refractivity contribution < 1.29 is 13.2 Å². The SMILES string of the molecule is NS(=O)(=O)c1cc(C(=O)NC2CC2)n(C2CCNCC2)c1. The van der Waals surface area contributed by atoms with E-state index in [2.05, 4.69) is 10.6 Å². The van der Waals surface area contributed by atoms with Gasteiger partial charge in [-0.25, -0.2) is 13.6 Å². The maximum atomic E-state index is 12.3. The summed E-state index contributed by atoms with van der Waals surface area (Å²) in [5, 5.41) is 11.4. The van der Waals surface area contributed by atoms with Crippen LogP contribution in [0, 0.1) is 0 Å². The second kappa shape index (κ2) is 5.43. The number of nitrogens with two attached hydrogens (primary N) is 1. The number of carbonyl (C=O) groups excluding carboxylic acids is 1. The quantitative estimate of drug-likeness (QED) is 0.725. The third-order valence-corrected chi connectivity index (χ3v) is 4.88. The standard InChI is InChI=1S/C13H20N4O3S/c14-21(19,20)11-7-12(13(18)16-9-1-2-9)17(8-11)10-3-5-15-6-4-10/h7-10,15H,1-6H2,(H,16,18)(H2,14,19,20). The summed E-state index contributed by atoms with van der Waals surface area (Å²) >= 11 is 0. The first-order valence-corrected chi connectivity index (χ1v) is 8.76. The molecule has 21 heavy (non-hydrogen) atoms. The molecule has 3 rings (SSSR count). The van der Waals surface area contributed by atoms with Gasteiger partial charge < -0.3 is 15.2 Å². The van der Waals surface area contributed by atoms with Crippen molar-refractivity contribution in [3.8, 4) is 0 Å². The lowest BCUT2D eigenvalue weighted by atomic mass is 10.1. The van der Waals surface area contributed by atoms with E-state index in [-0.39, 0.29) is 22.9 Å². The van der Waals surface area contributed by atoms with Gasteiger partial charge >= 0.3 is 0 Å². The Labute approximate surface area is 123 Å². The molecule has 0 atom stereocenters. The van der Waals surface area contributed by atoms with Gasteiger partial charge in [0.2, 0.25) is 10.0 Å². The van der Waals surface area contributed by atoms with Gasteiger partial charge in [0.15, 0.2) is 0 Å². The highest BCUT2D eigenvalue weighted by Crippen LogP contribution is 2.26. The van der Waals surface area contributed by atoms with Crippen LogP contribution in [0.15, 0.2) is 17.2 Å². The number of hydrogen-bond donors (Lipinski definition) is 3. The van der Waals surface area contributed by atoms with Gasteiger partial charge in [0.05, 0.1) is 0 Å². The van der Waals surface area contributed by atoms with Crippen molar-refractivity contribution in [3.63, 3.8) is 0 Å². The molecule has 1 aromatic rings. The second-order valence-electron chi connectivity index (χ2n) is 5.74. The number of aromatic nitrogens is 1. The zero-order valence-corrected chi connectivity index (χ0v) is 12.5. The number of amides is 1. The Bertz CT molecular complexity index is 642. The molecule has 0 radical (unpaired) electrons. The fourth-order valence-corrected chi connectivity index (χ4v) is 3.20. The molecule has 1 saturated carbocycles. The summed E-state index contributed by atoms with van der Waals surface area (Å²) in [4.78, 5) is 12.3. The third-order valence-electron chi connectivity index (χ3n) is 4.00. The molecule has 2 heterocycles. The molecular formula is C13H20N4O3S. The number of hydrogen-bond acceptors (Lipinski definition) is 4. The predicted molar refractivity (Wildman–Crippen MR) is 77.4 cm³/mol. The Morgan fingerprint density at radius 2 is 1.95 bits per heavy atom. The Morgan fingerprint density at radius 3 is 2.52 bits per heavy atom. The molecule has 2 aliphatic rings. The van der Waals surface area contributed by atoms with Gasteiger partial charge in [-0.3, -0.25) is 4.79 Å². The highest BCUT2D eigenvalue weighted by atomic mass is 32.2. The summed E-state index contributed by atoms with van der Waals surface area (Å²) in [5.74, 6) is -0.217. The maximum Gasteiger partial charge on any atom is 0.268 e. The van der Waals surface area contributed by atoms with Gasteiger partial charge in [0.1, 0.15) is 10.6 Å². The van der Waals surface area contributed by atoms with Crippen molar-refractivity contribution in [1.82, 2.24) is 15.2 Å². The van der Waals surface area contributed by atoms with Crippen LogP contribution in [0.3, 0.4) is 0 Å². The number of nitrogens with one attached hydrogen (secondary N) is 2. The molecule has 0 spiro atoms. The molecule has 0 unspecified atom stereocenters. The van der Waals surface area contributed by atoms with Gasteiger partial charge in [-0.1, -0.05) is 0 Å². The number of sulfonamides is 1. The molecule has 0 bridgehead atoms. The Balaban J connectivity index is 1.94. The van der Waals surface area contributed by atoms with E-state index in [0.29, 0.717) is 5.69 Å². The topological polar surface area (TPSA) is 106 Å². The minimum Gasteiger partial charge on any atom is -0.348 e. The van der Waals surface area contributed by atoms with E-state index in [1.165, 1.54) is 12.3 Å². The molecule has 4 N–H and O–H groups in total. The van der Waals surface area contributed by atoms with Crippen LogP contribution in [0.5, 0.6) is 0 Å². The van der Waals surface area contributed by atoms with E-state index in [1.807, 2.05) is 0 Å². The van der Waals surface area contributed by atoms with E-state index in [0.717, 1.165) is 38.8 Å². The summed E-state index contributed by atoms with van der Waals surface area (Å²) in [6.07, 6.45) is 5.20. The lowest BCUT2D eigenvalue weighted by Crippen LogP contribution is -2.33. The highest BCUT2D eigenvalue weighted by Gasteiger charge is 2.28. The third kappa shape index (κ3) is 3.28. The number of nitrogens with zero attached hydrogens (tertiary/aromatic N) is 1. The summed E-state index contributed by atoms with van der Waals surface area (Å²) in [6, 6.07) is 1.74. The van der Waals surface area contributed by atoms with Crippen molar-refractivity contribution in [1.29, 1.82) is 0 Å². The van der Waals surface area contributed by atoms with Gasteiger partial charge in [-0.05, 0) is 44.8 Å². The molecule has 1 aliphatic heterocycles. The lowest BCUT2D eigenvalue weighted by Gasteiger charge is -2.25. The van der Waals surface area contributed by atoms with Crippen molar-refractivity contribution in [2.45, 2.75) is 42.7 Å². The van der Waals surface area contributed by atoms with Crippen molar-refractivity contribution in [2.24, 2.45) is 5.14 Å². The van der Waals surface area contributed by atoms with Crippen molar-refractivity contribution in [3.05, 3.63) is 18.0 Å². The minimum absolute atomic E-state index is 0.00183. The van der Waals surface area contributed by atoms with Gasteiger partial charge in [0.25, 0.3) is 5.91 Å². The normalized spacial score (nSPS) is 20.4. The van der Waals surface area contributed by atoms with Crippen molar-refractivity contribution in [2.75, 3.05) is 13.1 Å². The molecule has 1 aliphatic carbocycles. The summed E-state index contributed by atoms with van der Waals surface area (Å²) in [6.45, 7) is 1.72. The van der Waals surface area contributed by atoms with Gasteiger partial charge in [-0.15, -0.1) is 0 Å². The average Bonchev–Trinajstić information content (AvgIpc) is 3.12.